The number of fused-ring (bicyclic) bond motifs is 1. The summed E-state index contributed by atoms with van der Waals surface area (Å²) in [6.07, 6.45) is 1.71. The molecule has 0 aliphatic carbocycles. The van der Waals surface area contributed by atoms with E-state index in [1.54, 1.807) is 6.26 Å². The van der Waals surface area contributed by atoms with Crippen LogP contribution in [0.4, 0.5) is 0 Å². The number of hydrogen-bond donors (Lipinski definition) is 1. The van der Waals surface area contributed by atoms with Gasteiger partial charge in [-0.15, -0.1) is 0 Å². The minimum Gasteiger partial charge on any atom is -0.486 e. The molecule has 0 saturated heterocycles. The molecule has 1 aromatic carbocycles. The third-order valence-electron chi connectivity index (χ3n) is 3.43. The Morgan fingerprint density at radius 1 is 1.20 bits per heavy atom. The Morgan fingerprint density at radius 2 is 1.90 bits per heavy atom. The summed E-state index contributed by atoms with van der Waals surface area (Å²) in [4.78, 5) is 0. The van der Waals surface area contributed by atoms with Gasteiger partial charge in [0.2, 0.25) is 0 Å². The minimum absolute atomic E-state index is 0.0322. The van der Waals surface area contributed by atoms with E-state index in [0.717, 1.165) is 32.9 Å². The molecular weight excluding hydrogens is 322 g/mol. The van der Waals surface area contributed by atoms with Gasteiger partial charge in [0.15, 0.2) is 11.5 Å². The fraction of sp³-hybridized carbons (Fsp3) is 0.333. The molecule has 1 aliphatic rings. The molecule has 1 unspecified atom stereocenters. The second-order valence-corrected chi connectivity index (χ2v) is 5.56. The fourth-order valence-corrected chi connectivity index (χ4v) is 2.96. The highest BCUT2D eigenvalue weighted by Crippen LogP contribution is 2.39. The van der Waals surface area contributed by atoms with Gasteiger partial charge < -0.3 is 19.2 Å². The molecule has 0 saturated carbocycles. The van der Waals surface area contributed by atoms with Crippen LogP contribution in [0.15, 0.2) is 33.4 Å². The molecule has 0 bridgehead atoms. The predicted molar refractivity (Wildman–Crippen MR) is 79.5 cm³/mol. The van der Waals surface area contributed by atoms with Crippen LogP contribution in [0.1, 0.15) is 22.9 Å². The molecule has 1 aromatic heterocycles. The summed E-state index contributed by atoms with van der Waals surface area (Å²) >= 11 is 3.61. The van der Waals surface area contributed by atoms with Crippen LogP contribution in [0, 0.1) is 6.92 Å². The molecule has 2 aromatic rings. The SMILES string of the molecule is CNC(c1cc2c(cc1Br)OCCO2)c1occc1C. The molecule has 0 amide bonds. The molecule has 1 N–H and O–H groups in total. The number of nitrogens with one attached hydrogen (secondary N) is 1. The van der Waals surface area contributed by atoms with Gasteiger partial charge in [-0.2, -0.15) is 0 Å². The number of benzene rings is 1. The van der Waals surface area contributed by atoms with Crippen LogP contribution < -0.4 is 14.8 Å². The Hall–Kier alpha value is -1.46. The number of halogens is 1. The van der Waals surface area contributed by atoms with E-state index in [0.29, 0.717) is 13.2 Å². The summed E-state index contributed by atoms with van der Waals surface area (Å²) in [6.45, 7) is 3.21. The summed E-state index contributed by atoms with van der Waals surface area (Å²) in [6, 6.07) is 5.88. The van der Waals surface area contributed by atoms with E-state index in [2.05, 4.69) is 21.2 Å². The zero-order valence-electron chi connectivity index (χ0n) is 11.4. The largest absolute Gasteiger partial charge is 0.486 e. The Kier molecular flexibility index (Phi) is 3.72. The smallest absolute Gasteiger partial charge is 0.162 e. The molecule has 0 fully saturated rings. The number of ether oxygens (including phenoxy) is 2. The Balaban J connectivity index is 2.06. The number of hydrogen-bond acceptors (Lipinski definition) is 4. The van der Waals surface area contributed by atoms with E-state index in [4.69, 9.17) is 13.9 Å². The number of furan rings is 1. The maximum absolute atomic E-state index is 5.66. The van der Waals surface area contributed by atoms with Crippen LogP contribution in [0.25, 0.3) is 0 Å². The van der Waals surface area contributed by atoms with Gasteiger partial charge in [0.25, 0.3) is 0 Å². The molecule has 1 aliphatic heterocycles. The van der Waals surface area contributed by atoms with Crippen molar-refractivity contribution in [1.29, 1.82) is 0 Å². The zero-order valence-corrected chi connectivity index (χ0v) is 13.0. The van der Waals surface area contributed by atoms with Crippen molar-refractivity contribution < 1.29 is 13.9 Å². The molecule has 4 nitrogen and oxygen atoms in total. The van der Waals surface area contributed by atoms with Crippen molar-refractivity contribution in [2.24, 2.45) is 0 Å². The van der Waals surface area contributed by atoms with Gasteiger partial charge in [0.05, 0.1) is 12.3 Å². The van der Waals surface area contributed by atoms with E-state index in [-0.39, 0.29) is 6.04 Å². The third-order valence-corrected chi connectivity index (χ3v) is 4.11. The summed E-state index contributed by atoms with van der Waals surface area (Å²) in [5, 5.41) is 3.29. The molecule has 0 spiro atoms. The first-order chi connectivity index (χ1) is 9.70. The van der Waals surface area contributed by atoms with Crippen molar-refractivity contribution in [1.82, 2.24) is 5.32 Å². The van der Waals surface area contributed by atoms with Gasteiger partial charge in [0, 0.05) is 4.47 Å². The van der Waals surface area contributed by atoms with Crippen molar-refractivity contribution in [2.75, 3.05) is 20.3 Å². The number of aryl methyl sites for hydroxylation is 1. The molecule has 2 heterocycles. The Bertz CT molecular complexity index is 624. The van der Waals surface area contributed by atoms with Gasteiger partial charge in [-0.05, 0) is 43.3 Å². The predicted octanol–water partition coefficient (Wildman–Crippen LogP) is 3.43. The van der Waals surface area contributed by atoms with E-state index in [1.165, 1.54) is 0 Å². The lowest BCUT2D eigenvalue weighted by Crippen LogP contribution is -2.20. The normalized spacial score (nSPS) is 15.2. The van der Waals surface area contributed by atoms with Gasteiger partial charge in [-0.25, -0.2) is 0 Å². The lowest BCUT2D eigenvalue weighted by atomic mass is 10.0. The van der Waals surface area contributed by atoms with Crippen molar-refractivity contribution in [3.63, 3.8) is 0 Å². The molecule has 20 heavy (non-hydrogen) atoms. The maximum atomic E-state index is 5.66. The lowest BCUT2D eigenvalue weighted by molar-refractivity contribution is 0.171. The summed E-state index contributed by atoms with van der Waals surface area (Å²) in [7, 11) is 1.91. The molecule has 3 rings (SSSR count). The van der Waals surface area contributed by atoms with Crippen molar-refractivity contribution >= 4 is 15.9 Å². The van der Waals surface area contributed by atoms with E-state index in [9.17, 15) is 0 Å². The average Bonchev–Trinajstić information content (AvgIpc) is 2.87. The first-order valence-electron chi connectivity index (χ1n) is 6.51. The second-order valence-electron chi connectivity index (χ2n) is 4.71. The van der Waals surface area contributed by atoms with E-state index in [1.807, 2.05) is 32.2 Å². The Labute approximate surface area is 126 Å². The molecule has 0 radical (unpaired) electrons. The van der Waals surface area contributed by atoms with E-state index >= 15 is 0 Å². The maximum Gasteiger partial charge on any atom is 0.162 e. The lowest BCUT2D eigenvalue weighted by Gasteiger charge is -2.23. The highest BCUT2D eigenvalue weighted by molar-refractivity contribution is 9.10. The molecule has 1 atom stereocenters. The topological polar surface area (TPSA) is 43.6 Å². The quantitative estimate of drug-likeness (QED) is 0.931. The summed E-state index contributed by atoms with van der Waals surface area (Å²) < 4.78 is 17.8. The third kappa shape index (κ3) is 2.31. The summed E-state index contributed by atoms with van der Waals surface area (Å²) in [5.74, 6) is 2.46. The minimum atomic E-state index is -0.0322. The monoisotopic (exact) mass is 337 g/mol. The van der Waals surface area contributed by atoms with Crippen LogP contribution in [0.2, 0.25) is 0 Å². The van der Waals surface area contributed by atoms with Crippen LogP contribution in [-0.4, -0.2) is 20.3 Å². The zero-order chi connectivity index (χ0) is 14.1. The highest BCUT2D eigenvalue weighted by atomic mass is 79.9. The van der Waals surface area contributed by atoms with Crippen molar-refractivity contribution in [2.45, 2.75) is 13.0 Å². The molecule has 106 valence electrons. The van der Waals surface area contributed by atoms with Crippen molar-refractivity contribution in [3.8, 4) is 11.5 Å². The van der Waals surface area contributed by atoms with Crippen LogP contribution >= 0.6 is 15.9 Å². The average molecular weight is 338 g/mol. The van der Waals surface area contributed by atoms with Gasteiger partial charge in [-0.3, -0.25) is 0 Å². The van der Waals surface area contributed by atoms with Crippen LogP contribution in [-0.2, 0) is 0 Å². The number of rotatable bonds is 3. The molecule has 5 heteroatoms. The fourth-order valence-electron chi connectivity index (χ4n) is 2.41. The van der Waals surface area contributed by atoms with Gasteiger partial charge >= 0.3 is 0 Å². The summed E-state index contributed by atoms with van der Waals surface area (Å²) in [5.41, 5.74) is 2.18. The van der Waals surface area contributed by atoms with Gasteiger partial charge in [0.1, 0.15) is 19.0 Å². The first kappa shape index (κ1) is 13.5. The highest BCUT2D eigenvalue weighted by Gasteiger charge is 2.23. The Morgan fingerprint density at radius 3 is 2.50 bits per heavy atom. The van der Waals surface area contributed by atoms with Crippen LogP contribution in [0.3, 0.4) is 0 Å². The first-order valence-corrected chi connectivity index (χ1v) is 7.30. The van der Waals surface area contributed by atoms with Gasteiger partial charge in [-0.1, -0.05) is 15.9 Å². The van der Waals surface area contributed by atoms with Crippen molar-refractivity contribution in [3.05, 3.63) is 45.8 Å². The van der Waals surface area contributed by atoms with E-state index < -0.39 is 0 Å². The molecular formula is C15H16BrNO3. The second kappa shape index (κ2) is 5.50. The standard InChI is InChI=1S/C15H16BrNO3/c1-9-3-4-20-15(9)14(17-2)10-7-12-13(8-11(10)16)19-6-5-18-12/h3-4,7-8,14,17H,5-6H2,1-2H3. The van der Waals surface area contributed by atoms with Crippen LogP contribution in [0.5, 0.6) is 11.5 Å².